The Morgan fingerprint density at radius 1 is 1.18 bits per heavy atom. The van der Waals surface area contributed by atoms with Crippen molar-refractivity contribution in [3.05, 3.63) is 41.2 Å². The third kappa shape index (κ3) is 6.78. The van der Waals surface area contributed by atoms with Gasteiger partial charge in [0.15, 0.2) is 10.9 Å². The summed E-state index contributed by atoms with van der Waals surface area (Å²) in [5.41, 5.74) is 1.99. The van der Waals surface area contributed by atoms with Crippen LogP contribution in [0.1, 0.15) is 55.9 Å². The van der Waals surface area contributed by atoms with Crippen molar-refractivity contribution in [1.82, 2.24) is 20.1 Å². The Hall–Kier alpha value is -2.15. The first kappa shape index (κ1) is 22.1. The minimum Gasteiger partial charge on any atom is -0.356 e. The molecule has 1 amide bonds. The van der Waals surface area contributed by atoms with E-state index in [0.717, 1.165) is 42.4 Å². The van der Waals surface area contributed by atoms with E-state index in [4.69, 9.17) is 0 Å². The first-order valence-corrected chi connectivity index (χ1v) is 10.8. The Morgan fingerprint density at radius 3 is 2.50 bits per heavy atom. The van der Waals surface area contributed by atoms with Crippen molar-refractivity contribution >= 4 is 23.5 Å². The number of aromatic nitrogens is 3. The van der Waals surface area contributed by atoms with Gasteiger partial charge >= 0.3 is 0 Å². The van der Waals surface area contributed by atoms with Gasteiger partial charge in [0.2, 0.25) is 5.91 Å². The minimum atomic E-state index is -0.0241. The maximum atomic E-state index is 12.5. The fraction of sp³-hybridized carbons (Fsp3) is 0.524. The van der Waals surface area contributed by atoms with Crippen LogP contribution in [-0.4, -0.2) is 38.8 Å². The van der Waals surface area contributed by atoms with Crippen LogP contribution < -0.4 is 5.32 Å². The molecule has 28 heavy (non-hydrogen) atoms. The predicted molar refractivity (Wildman–Crippen MR) is 113 cm³/mol. The summed E-state index contributed by atoms with van der Waals surface area (Å²) in [5, 5.41) is 12.1. The van der Waals surface area contributed by atoms with Crippen LogP contribution in [-0.2, 0) is 24.2 Å². The Labute approximate surface area is 171 Å². The molecule has 0 atom stereocenters. The number of hydrogen-bond acceptors (Lipinski definition) is 5. The van der Waals surface area contributed by atoms with Crippen LogP contribution in [0.15, 0.2) is 29.4 Å². The van der Waals surface area contributed by atoms with Crippen LogP contribution in [0.2, 0.25) is 0 Å². The molecule has 0 bridgehead atoms. The number of rotatable bonds is 11. The molecule has 152 valence electrons. The summed E-state index contributed by atoms with van der Waals surface area (Å²) in [6.07, 6.45) is 2.57. The molecule has 1 aromatic heterocycles. The van der Waals surface area contributed by atoms with Crippen LogP contribution in [0.25, 0.3) is 0 Å². The van der Waals surface area contributed by atoms with Crippen LogP contribution >= 0.6 is 11.8 Å². The van der Waals surface area contributed by atoms with Crippen molar-refractivity contribution in [2.24, 2.45) is 5.92 Å². The highest BCUT2D eigenvalue weighted by atomic mass is 32.2. The van der Waals surface area contributed by atoms with E-state index in [1.54, 1.807) is 0 Å². The number of aryl methyl sites for hydroxylation is 1. The standard InChI is InChI=1S/C21H30N4O2S/c1-5-25-20(7-6-12-22-16(4)26)23-24-21(25)28-14-19(27)18-10-8-17(9-11-18)13-15(2)3/h8-11,15H,5-7,12-14H2,1-4H3,(H,22,26). The number of thioether (sulfide) groups is 1. The van der Waals surface area contributed by atoms with Crippen molar-refractivity contribution < 1.29 is 9.59 Å². The highest BCUT2D eigenvalue weighted by molar-refractivity contribution is 7.99. The van der Waals surface area contributed by atoms with E-state index < -0.39 is 0 Å². The molecular weight excluding hydrogens is 372 g/mol. The zero-order valence-electron chi connectivity index (χ0n) is 17.2. The van der Waals surface area contributed by atoms with Crippen LogP contribution in [0, 0.1) is 5.92 Å². The number of carbonyl (C=O) groups excluding carboxylic acids is 2. The van der Waals surface area contributed by atoms with Crippen LogP contribution in [0.5, 0.6) is 0 Å². The summed E-state index contributed by atoms with van der Waals surface area (Å²) in [6, 6.07) is 7.91. The van der Waals surface area contributed by atoms with Gasteiger partial charge in [0.25, 0.3) is 0 Å². The second-order valence-corrected chi connectivity index (χ2v) is 8.18. The number of nitrogens with one attached hydrogen (secondary N) is 1. The number of benzene rings is 1. The summed E-state index contributed by atoms with van der Waals surface area (Å²) < 4.78 is 2.04. The topological polar surface area (TPSA) is 76.9 Å². The maximum absolute atomic E-state index is 12.5. The molecule has 0 radical (unpaired) electrons. The quantitative estimate of drug-likeness (QED) is 0.353. The average molecular weight is 403 g/mol. The fourth-order valence-electron chi connectivity index (χ4n) is 2.95. The highest BCUT2D eigenvalue weighted by Gasteiger charge is 2.14. The van der Waals surface area contributed by atoms with Gasteiger partial charge in [-0.05, 0) is 31.2 Å². The maximum Gasteiger partial charge on any atom is 0.216 e. The van der Waals surface area contributed by atoms with E-state index in [9.17, 15) is 9.59 Å². The second kappa shape index (κ2) is 11.0. The SMILES string of the molecule is CCn1c(CCCNC(C)=O)nnc1SCC(=O)c1ccc(CC(C)C)cc1. The van der Waals surface area contributed by atoms with Crippen molar-refractivity contribution in [1.29, 1.82) is 0 Å². The number of nitrogens with zero attached hydrogens (tertiary/aromatic N) is 3. The summed E-state index contributed by atoms with van der Waals surface area (Å²) in [6.45, 7) is 9.31. The molecule has 0 saturated heterocycles. The molecule has 1 heterocycles. The molecule has 1 aromatic carbocycles. The minimum absolute atomic E-state index is 0.0241. The molecule has 0 spiro atoms. The van der Waals surface area contributed by atoms with Crippen molar-refractivity contribution in [3.63, 3.8) is 0 Å². The largest absolute Gasteiger partial charge is 0.356 e. The summed E-state index contributed by atoms with van der Waals surface area (Å²) in [5.74, 6) is 1.90. The van der Waals surface area contributed by atoms with E-state index in [1.165, 1.54) is 24.2 Å². The molecule has 6 nitrogen and oxygen atoms in total. The molecule has 1 N–H and O–H groups in total. The second-order valence-electron chi connectivity index (χ2n) is 7.24. The van der Waals surface area contributed by atoms with Gasteiger partial charge < -0.3 is 9.88 Å². The Morgan fingerprint density at radius 2 is 1.89 bits per heavy atom. The predicted octanol–water partition coefficient (Wildman–Crippen LogP) is 3.54. The average Bonchev–Trinajstić information content (AvgIpc) is 3.05. The molecule has 7 heteroatoms. The molecule has 0 unspecified atom stereocenters. The third-order valence-corrected chi connectivity index (χ3v) is 5.28. The first-order valence-electron chi connectivity index (χ1n) is 9.82. The first-order chi connectivity index (χ1) is 13.4. The Balaban J connectivity index is 1.90. The zero-order chi connectivity index (χ0) is 20.5. The number of amides is 1. The van der Waals surface area contributed by atoms with E-state index >= 15 is 0 Å². The van der Waals surface area contributed by atoms with Crippen molar-refractivity contribution in [2.75, 3.05) is 12.3 Å². The van der Waals surface area contributed by atoms with E-state index in [-0.39, 0.29) is 11.7 Å². The summed E-state index contributed by atoms with van der Waals surface area (Å²) >= 11 is 1.42. The summed E-state index contributed by atoms with van der Waals surface area (Å²) in [4.78, 5) is 23.4. The lowest BCUT2D eigenvalue weighted by atomic mass is 10.0. The molecule has 2 rings (SSSR count). The van der Waals surface area contributed by atoms with Gasteiger partial charge in [0, 0.05) is 32.0 Å². The Bertz CT molecular complexity index is 784. The summed E-state index contributed by atoms with van der Waals surface area (Å²) in [7, 11) is 0. The molecule has 0 aliphatic rings. The van der Waals surface area contributed by atoms with Gasteiger partial charge in [0.05, 0.1) is 5.75 Å². The van der Waals surface area contributed by atoms with Crippen LogP contribution in [0.4, 0.5) is 0 Å². The van der Waals surface area contributed by atoms with E-state index in [0.29, 0.717) is 18.2 Å². The van der Waals surface area contributed by atoms with Gasteiger partial charge in [-0.3, -0.25) is 9.59 Å². The molecule has 0 aliphatic heterocycles. The highest BCUT2D eigenvalue weighted by Crippen LogP contribution is 2.20. The number of carbonyl (C=O) groups is 2. The van der Waals surface area contributed by atoms with Crippen molar-refractivity contribution in [3.8, 4) is 0 Å². The lowest BCUT2D eigenvalue weighted by Gasteiger charge is -2.08. The van der Waals surface area contributed by atoms with Crippen LogP contribution in [0.3, 0.4) is 0 Å². The van der Waals surface area contributed by atoms with Crippen molar-refractivity contribution in [2.45, 2.75) is 58.7 Å². The normalized spacial score (nSPS) is 11.0. The Kier molecular flexibility index (Phi) is 8.70. The smallest absolute Gasteiger partial charge is 0.216 e. The van der Waals surface area contributed by atoms with Gasteiger partial charge in [-0.1, -0.05) is 49.9 Å². The fourth-order valence-corrected chi connectivity index (χ4v) is 3.87. The van der Waals surface area contributed by atoms with Gasteiger partial charge in [-0.25, -0.2) is 0 Å². The number of Topliss-reactive ketones (excluding diaryl/α,β-unsaturated/α-hetero) is 1. The number of ketones is 1. The van der Waals surface area contributed by atoms with E-state index in [2.05, 4.69) is 29.4 Å². The lowest BCUT2D eigenvalue weighted by Crippen LogP contribution is -2.21. The molecule has 2 aromatic rings. The molecule has 0 fully saturated rings. The lowest BCUT2D eigenvalue weighted by molar-refractivity contribution is -0.118. The molecule has 0 saturated carbocycles. The van der Waals surface area contributed by atoms with E-state index in [1.807, 2.05) is 35.8 Å². The third-order valence-electron chi connectivity index (χ3n) is 4.31. The van der Waals surface area contributed by atoms with Gasteiger partial charge in [-0.2, -0.15) is 0 Å². The number of hydrogen-bond donors (Lipinski definition) is 1. The molecule has 0 aliphatic carbocycles. The molecular formula is C21H30N4O2S. The monoisotopic (exact) mass is 402 g/mol. The zero-order valence-corrected chi connectivity index (χ0v) is 18.0. The van der Waals surface area contributed by atoms with Gasteiger partial charge in [-0.15, -0.1) is 10.2 Å². The van der Waals surface area contributed by atoms with Gasteiger partial charge in [0.1, 0.15) is 5.82 Å².